The molecule has 104 valence electrons. The molecular weight excluding hydrogens is 253 g/mol. The average Bonchev–Trinajstić information content (AvgIpc) is 2.69. The summed E-state index contributed by atoms with van der Waals surface area (Å²) in [5.41, 5.74) is 0.196. The van der Waals surface area contributed by atoms with Gasteiger partial charge in [-0.3, -0.25) is 0 Å². The highest BCUT2D eigenvalue weighted by molar-refractivity contribution is 5.81. The van der Waals surface area contributed by atoms with E-state index in [1.165, 1.54) is 6.07 Å². The van der Waals surface area contributed by atoms with Crippen LogP contribution in [0.3, 0.4) is 0 Å². The van der Waals surface area contributed by atoms with Crippen molar-refractivity contribution in [2.45, 2.75) is 45.7 Å². The summed E-state index contributed by atoms with van der Waals surface area (Å²) in [6.45, 7) is 7.31. The summed E-state index contributed by atoms with van der Waals surface area (Å²) in [7, 11) is 0. The van der Waals surface area contributed by atoms with Crippen LogP contribution in [0.25, 0.3) is 11.0 Å². The van der Waals surface area contributed by atoms with E-state index in [9.17, 15) is 13.2 Å². The minimum Gasteiger partial charge on any atom is -0.341 e. The maximum atomic E-state index is 13.3. The van der Waals surface area contributed by atoms with Crippen molar-refractivity contribution in [3.8, 4) is 0 Å². The lowest BCUT2D eigenvalue weighted by molar-refractivity contribution is -0.137. The Morgan fingerprint density at radius 3 is 2.16 bits per heavy atom. The van der Waals surface area contributed by atoms with E-state index in [-0.39, 0.29) is 17.4 Å². The van der Waals surface area contributed by atoms with Gasteiger partial charge in [0.15, 0.2) is 0 Å². The molecule has 1 aromatic heterocycles. The molecule has 0 atom stereocenters. The van der Waals surface area contributed by atoms with E-state index in [0.717, 1.165) is 0 Å². The second-order valence-electron chi connectivity index (χ2n) is 5.35. The Balaban J connectivity index is 2.79. The van der Waals surface area contributed by atoms with Crippen molar-refractivity contribution in [1.82, 2.24) is 9.97 Å². The molecule has 19 heavy (non-hydrogen) atoms. The van der Waals surface area contributed by atoms with Crippen LogP contribution in [0.5, 0.6) is 0 Å². The molecule has 2 rings (SSSR count). The number of imidazole rings is 1. The molecule has 0 saturated carbocycles. The first-order valence-electron chi connectivity index (χ1n) is 6.31. The number of benzene rings is 1. The van der Waals surface area contributed by atoms with E-state index >= 15 is 0 Å². The highest BCUT2D eigenvalue weighted by Gasteiger charge is 2.37. The van der Waals surface area contributed by atoms with Crippen molar-refractivity contribution in [3.63, 3.8) is 0 Å². The Morgan fingerprint density at radius 2 is 1.68 bits per heavy atom. The van der Waals surface area contributed by atoms with Gasteiger partial charge in [-0.05, 0) is 17.5 Å². The van der Waals surface area contributed by atoms with Crippen molar-refractivity contribution in [1.29, 1.82) is 0 Å². The largest absolute Gasteiger partial charge is 0.418 e. The molecular formula is C14H17F3N2. The van der Waals surface area contributed by atoms with E-state index in [0.29, 0.717) is 16.9 Å². The lowest BCUT2D eigenvalue weighted by Gasteiger charge is -2.16. The van der Waals surface area contributed by atoms with Crippen LogP contribution in [0.2, 0.25) is 0 Å². The minimum atomic E-state index is -4.38. The van der Waals surface area contributed by atoms with Crippen LogP contribution in [0.1, 0.15) is 56.5 Å². The molecule has 0 aliphatic rings. The van der Waals surface area contributed by atoms with Crippen LogP contribution in [0.15, 0.2) is 12.1 Å². The minimum absolute atomic E-state index is 0.0657. The molecule has 5 heteroatoms. The maximum absolute atomic E-state index is 13.3. The fraction of sp³-hybridized carbons (Fsp3) is 0.500. The highest BCUT2D eigenvalue weighted by atomic mass is 19.4. The van der Waals surface area contributed by atoms with Gasteiger partial charge in [0.25, 0.3) is 0 Å². The normalized spacial score (nSPS) is 12.9. The molecule has 1 aromatic carbocycles. The standard InChI is InChI=1S/C14H17F3N2/c1-7(2)9-5-6-10-12(11(9)14(15,16)17)19-13(18-10)8(3)4/h5-8H,1-4H3,(H,18,19). The summed E-state index contributed by atoms with van der Waals surface area (Å²) < 4.78 is 39.9. The van der Waals surface area contributed by atoms with Gasteiger partial charge in [-0.15, -0.1) is 0 Å². The zero-order valence-corrected chi connectivity index (χ0v) is 11.4. The van der Waals surface area contributed by atoms with Gasteiger partial charge < -0.3 is 4.98 Å². The lowest BCUT2D eigenvalue weighted by atomic mass is 9.95. The lowest BCUT2D eigenvalue weighted by Crippen LogP contribution is -2.11. The number of nitrogens with one attached hydrogen (secondary N) is 1. The van der Waals surface area contributed by atoms with Crippen molar-refractivity contribution in [3.05, 3.63) is 29.1 Å². The van der Waals surface area contributed by atoms with Gasteiger partial charge in [0.2, 0.25) is 0 Å². The monoisotopic (exact) mass is 270 g/mol. The molecule has 0 radical (unpaired) electrons. The summed E-state index contributed by atoms with van der Waals surface area (Å²) in [5, 5.41) is 0. The number of halogens is 3. The quantitative estimate of drug-likeness (QED) is 0.832. The average molecular weight is 270 g/mol. The second kappa shape index (κ2) is 4.54. The third kappa shape index (κ3) is 2.46. The molecule has 1 N–H and O–H groups in total. The zero-order chi connectivity index (χ0) is 14.4. The summed E-state index contributed by atoms with van der Waals surface area (Å²) in [6.07, 6.45) is -4.38. The van der Waals surface area contributed by atoms with E-state index in [2.05, 4.69) is 9.97 Å². The van der Waals surface area contributed by atoms with Crippen LogP contribution in [0, 0.1) is 0 Å². The number of alkyl halides is 3. The van der Waals surface area contributed by atoms with Gasteiger partial charge in [0, 0.05) is 5.92 Å². The van der Waals surface area contributed by atoms with Crippen molar-refractivity contribution < 1.29 is 13.2 Å². The van der Waals surface area contributed by atoms with E-state index < -0.39 is 11.7 Å². The summed E-state index contributed by atoms with van der Waals surface area (Å²) in [6, 6.07) is 3.18. The van der Waals surface area contributed by atoms with E-state index in [1.807, 2.05) is 13.8 Å². The van der Waals surface area contributed by atoms with Gasteiger partial charge >= 0.3 is 6.18 Å². The third-order valence-corrected chi connectivity index (χ3v) is 3.16. The number of fused-ring (bicyclic) bond motifs is 1. The number of H-pyrrole nitrogens is 1. The fourth-order valence-electron chi connectivity index (χ4n) is 2.17. The molecule has 0 spiro atoms. The van der Waals surface area contributed by atoms with E-state index in [4.69, 9.17) is 0 Å². The van der Waals surface area contributed by atoms with Crippen LogP contribution >= 0.6 is 0 Å². The summed E-state index contributed by atoms with van der Waals surface area (Å²) >= 11 is 0. The molecule has 0 amide bonds. The Kier molecular flexibility index (Phi) is 3.32. The Morgan fingerprint density at radius 1 is 1.05 bits per heavy atom. The van der Waals surface area contributed by atoms with Crippen molar-refractivity contribution >= 4 is 11.0 Å². The predicted molar refractivity (Wildman–Crippen MR) is 69.3 cm³/mol. The SMILES string of the molecule is CC(C)c1nc2ccc(C(C)C)c(C(F)(F)F)c2[nH]1. The van der Waals surface area contributed by atoms with E-state index in [1.54, 1.807) is 19.9 Å². The Bertz CT molecular complexity index is 594. The maximum Gasteiger partial charge on any atom is 0.418 e. The number of nitrogens with zero attached hydrogens (tertiary/aromatic N) is 1. The van der Waals surface area contributed by atoms with Crippen molar-refractivity contribution in [2.75, 3.05) is 0 Å². The molecule has 1 heterocycles. The first kappa shape index (κ1) is 13.9. The zero-order valence-electron chi connectivity index (χ0n) is 11.4. The van der Waals surface area contributed by atoms with Crippen molar-refractivity contribution in [2.24, 2.45) is 0 Å². The van der Waals surface area contributed by atoms with Gasteiger partial charge in [-0.2, -0.15) is 13.2 Å². The van der Waals surface area contributed by atoms with Gasteiger partial charge in [-0.1, -0.05) is 33.8 Å². The van der Waals surface area contributed by atoms with Crippen LogP contribution < -0.4 is 0 Å². The molecule has 2 aromatic rings. The molecule has 0 aliphatic carbocycles. The molecule has 0 aliphatic heterocycles. The topological polar surface area (TPSA) is 28.7 Å². The second-order valence-corrected chi connectivity index (χ2v) is 5.35. The summed E-state index contributed by atoms with van der Waals surface area (Å²) in [4.78, 5) is 7.07. The highest BCUT2D eigenvalue weighted by Crippen LogP contribution is 2.39. The van der Waals surface area contributed by atoms with Gasteiger partial charge in [0.1, 0.15) is 5.82 Å². The molecule has 2 nitrogen and oxygen atoms in total. The Hall–Kier alpha value is -1.52. The molecule has 0 saturated heterocycles. The first-order chi connectivity index (χ1) is 8.71. The van der Waals surface area contributed by atoms with Crippen LogP contribution in [-0.4, -0.2) is 9.97 Å². The predicted octanol–water partition coefficient (Wildman–Crippen LogP) is 4.83. The van der Waals surface area contributed by atoms with Gasteiger partial charge in [0.05, 0.1) is 16.6 Å². The number of aromatic amines is 1. The third-order valence-electron chi connectivity index (χ3n) is 3.16. The molecule has 0 bridgehead atoms. The van der Waals surface area contributed by atoms with Crippen LogP contribution in [-0.2, 0) is 6.18 Å². The number of hydrogen-bond acceptors (Lipinski definition) is 1. The van der Waals surface area contributed by atoms with Gasteiger partial charge in [-0.25, -0.2) is 4.98 Å². The first-order valence-corrected chi connectivity index (χ1v) is 6.31. The molecule has 0 unspecified atom stereocenters. The number of aromatic nitrogens is 2. The molecule has 0 fully saturated rings. The number of hydrogen-bond donors (Lipinski definition) is 1. The van der Waals surface area contributed by atoms with Crippen LogP contribution in [0.4, 0.5) is 13.2 Å². The smallest absolute Gasteiger partial charge is 0.341 e. The number of rotatable bonds is 2. The summed E-state index contributed by atoms with van der Waals surface area (Å²) in [5.74, 6) is 0.462. The fourth-order valence-corrected chi connectivity index (χ4v) is 2.17. The Labute approximate surface area is 110 Å².